The normalized spacial score (nSPS) is 10.3. The Morgan fingerprint density at radius 2 is 2.05 bits per heavy atom. The third-order valence-electron chi connectivity index (χ3n) is 2.86. The molecule has 0 aromatic heterocycles. The largest absolute Gasteiger partial charge is 0.508 e. The Morgan fingerprint density at radius 3 is 2.70 bits per heavy atom. The molecule has 0 aliphatic carbocycles. The molecule has 104 valence electrons. The summed E-state index contributed by atoms with van der Waals surface area (Å²) < 4.78 is 13.8. The molecule has 2 aromatic rings. The number of rotatable bonds is 3. The van der Waals surface area contributed by atoms with Crippen LogP contribution < -0.4 is 4.90 Å². The highest BCUT2D eigenvalue weighted by molar-refractivity contribution is 6.31. The highest BCUT2D eigenvalue weighted by Crippen LogP contribution is 2.23. The summed E-state index contributed by atoms with van der Waals surface area (Å²) in [7, 11) is 0. The van der Waals surface area contributed by atoms with Crippen LogP contribution in [0, 0.1) is 5.82 Å². The van der Waals surface area contributed by atoms with E-state index in [1.54, 1.807) is 19.1 Å². The lowest BCUT2D eigenvalue weighted by Crippen LogP contribution is -2.31. The zero-order chi connectivity index (χ0) is 14.7. The number of nitrogens with zero attached hydrogens (tertiary/aromatic N) is 1. The second-order valence-electron chi connectivity index (χ2n) is 4.19. The molecule has 0 unspecified atom stereocenters. The number of carbonyl (C=O) groups excluding carboxylic acids is 1. The molecule has 0 aliphatic heterocycles. The van der Waals surface area contributed by atoms with E-state index in [1.165, 1.54) is 29.2 Å². The molecule has 0 fully saturated rings. The second kappa shape index (κ2) is 5.92. The van der Waals surface area contributed by atoms with E-state index >= 15 is 0 Å². The first-order valence-corrected chi connectivity index (χ1v) is 6.46. The zero-order valence-electron chi connectivity index (χ0n) is 10.8. The Balaban J connectivity index is 2.41. The zero-order valence-corrected chi connectivity index (χ0v) is 11.6. The van der Waals surface area contributed by atoms with E-state index in [-0.39, 0.29) is 11.3 Å². The maximum Gasteiger partial charge on any atom is 0.261 e. The SMILES string of the molecule is CCN(C(=O)c1cc(Cl)ccc1F)c1cccc(O)c1. The van der Waals surface area contributed by atoms with Crippen molar-refractivity contribution in [2.24, 2.45) is 0 Å². The van der Waals surface area contributed by atoms with Crippen molar-refractivity contribution in [3.63, 3.8) is 0 Å². The van der Waals surface area contributed by atoms with Crippen molar-refractivity contribution in [3.05, 3.63) is 58.9 Å². The molecule has 0 saturated heterocycles. The Hall–Kier alpha value is -2.07. The van der Waals surface area contributed by atoms with E-state index in [2.05, 4.69) is 0 Å². The van der Waals surface area contributed by atoms with Crippen molar-refractivity contribution in [3.8, 4) is 5.75 Å². The molecule has 3 nitrogen and oxygen atoms in total. The van der Waals surface area contributed by atoms with Crippen LogP contribution in [0.15, 0.2) is 42.5 Å². The van der Waals surface area contributed by atoms with Gasteiger partial charge in [0.25, 0.3) is 5.91 Å². The molecule has 5 heteroatoms. The van der Waals surface area contributed by atoms with Crippen molar-refractivity contribution in [2.75, 3.05) is 11.4 Å². The van der Waals surface area contributed by atoms with E-state index in [4.69, 9.17) is 11.6 Å². The third kappa shape index (κ3) is 2.91. The van der Waals surface area contributed by atoms with Gasteiger partial charge in [0.2, 0.25) is 0 Å². The summed E-state index contributed by atoms with van der Waals surface area (Å²) in [6.45, 7) is 2.11. The van der Waals surface area contributed by atoms with Gasteiger partial charge < -0.3 is 10.0 Å². The number of aromatic hydroxyl groups is 1. The summed E-state index contributed by atoms with van der Waals surface area (Å²) in [5.74, 6) is -1.09. The molecule has 0 bridgehead atoms. The number of phenols is 1. The maximum absolute atomic E-state index is 13.8. The second-order valence-corrected chi connectivity index (χ2v) is 4.63. The third-order valence-corrected chi connectivity index (χ3v) is 3.10. The lowest BCUT2D eigenvalue weighted by molar-refractivity contribution is 0.0984. The van der Waals surface area contributed by atoms with Crippen molar-refractivity contribution < 1.29 is 14.3 Å². The Labute approximate surface area is 121 Å². The number of carbonyl (C=O) groups is 1. The van der Waals surface area contributed by atoms with Gasteiger partial charge in [-0.05, 0) is 37.3 Å². The van der Waals surface area contributed by atoms with Gasteiger partial charge in [-0.1, -0.05) is 17.7 Å². The van der Waals surface area contributed by atoms with E-state index < -0.39 is 11.7 Å². The molecule has 1 amide bonds. The lowest BCUT2D eigenvalue weighted by atomic mass is 10.1. The monoisotopic (exact) mass is 293 g/mol. The van der Waals surface area contributed by atoms with Gasteiger partial charge >= 0.3 is 0 Å². The van der Waals surface area contributed by atoms with Gasteiger partial charge in [0, 0.05) is 23.3 Å². The first kappa shape index (κ1) is 14.3. The number of hydrogen-bond acceptors (Lipinski definition) is 2. The Kier molecular flexibility index (Phi) is 4.25. The molecule has 0 saturated carbocycles. The van der Waals surface area contributed by atoms with Crippen molar-refractivity contribution in [1.82, 2.24) is 0 Å². The van der Waals surface area contributed by atoms with Crippen LogP contribution in [-0.2, 0) is 0 Å². The van der Waals surface area contributed by atoms with Crippen LogP contribution in [0.5, 0.6) is 5.75 Å². The predicted molar refractivity (Wildman–Crippen MR) is 76.9 cm³/mol. The van der Waals surface area contributed by atoms with Gasteiger partial charge in [0.1, 0.15) is 11.6 Å². The average Bonchev–Trinajstić information content (AvgIpc) is 2.42. The first-order chi connectivity index (χ1) is 9.52. The van der Waals surface area contributed by atoms with Crippen LogP contribution in [0.3, 0.4) is 0 Å². The van der Waals surface area contributed by atoms with Crippen LogP contribution in [-0.4, -0.2) is 17.6 Å². The summed E-state index contributed by atoms with van der Waals surface area (Å²) in [5.41, 5.74) is 0.402. The number of anilines is 1. The number of benzene rings is 2. The molecule has 0 atom stereocenters. The predicted octanol–water partition coefficient (Wildman–Crippen LogP) is 3.85. The van der Waals surface area contributed by atoms with Gasteiger partial charge in [0.15, 0.2) is 0 Å². The lowest BCUT2D eigenvalue weighted by Gasteiger charge is -2.21. The average molecular weight is 294 g/mol. The maximum atomic E-state index is 13.8. The highest BCUT2D eigenvalue weighted by Gasteiger charge is 2.20. The van der Waals surface area contributed by atoms with Crippen molar-refractivity contribution in [1.29, 1.82) is 0 Å². The van der Waals surface area contributed by atoms with Gasteiger partial charge in [0.05, 0.1) is 5.56 Å². The van der Waals surface area contributed by atoms with Gasteiger partial charge in [-0.25, -0.2) is 4.39 Å². The molecule has 0 spiro atoms. The van der Waals surface area contributed by atoms with E-state index in [1.807, 2.05) is 0 Å². The van der Waals surface area contributed by atoms with Crippen LogP contribution >= 0.6 is 11.6 Å². The fraction of sp³-hybridized carbons (Fsp3) is 0.133. The smallest absolute Gasteiger partial charge is 0.261 e. The summed E-state index contributed by atoms with van der Waals surface area (Å²) in [5, 5.41) is 9.77. The molecule has 1 N–H and O–H groups in total. The van der Waals surface area contributed by atoms with Crippen molar-refractivity contribution in [2.45, 2.75) is 6.92 Å². The van der Waals surface area contributed by atoms with Crippen LogP contribution in [0.1, 0.15) is 17.3 Å². The number of phenolic OH excluding ortho intramolecular Hbond substituents is 1. The van der Waals surface area contributed by atoms with Gasteiger partial charge in [-0.15, -0.1) is 0 Å². The minimum absolute atomic E-state index is 0.0420. The first-order valence-electron chi connectivity index (χ1n) is 6.09. The van der Waals surface area contributed by atoms with E-state index in [0.717, 1.165) is 6.07 Å². The van der Waals surface area contributed by atoms with Gasteiger partial charge in [-0.2, -0.15) is 0 Å². The van der Waals surface area contributed by atoms with Crippen LogP contribution in [0.25, 0.3) is 0 Å². The Morgan fingerprint density at radius 1 is 1.30 bits per heavy atom. The quantitative estimate of drug-likeness (QED) is 0.934. The molecule has 2 rings (SSSR count). The van der Waals surface area contributed by atoms with Gasteiger partial charge in [-0.3, -0.25) is 4.79 Å². The molecule has 20 heavy (non-hydrogen) atoms. The summed E-state index contributed by atoms with van der Waals surface area (Å²) in [4.78, 5) is 13.8. The topological polar surface area (TPSA) is 40.5 Å². The number of halogens is 2. The fourth-order valence-electron chi connectivity index (χ4n) is 1.91. The minimum atomic E-state index is -0.627. The molecule has 0 radical (unpaired) electrons. The standard InChI is InChI=1S/C15H13ClFNO2/c1-2-18(11-4-3-5-12(19)9-11)15(20)13-8-10(16)6-7-14(13)17/h3-9,19H,2H2,1H3. The van der Waals surface area contributed by atoms with E-state index in [9.17, 15) is 14.3 Å². The molecule has 0 heterocycles. The summed E-state index contributed by atoms with van der Waals surface area (Å²) in [6.07, 6.45) is 0. The van der Waals surface area contributed by atoms with Crippen molar-refractivity contribution >= 4 is 23.2 Å². The molecular weight excluding hydrogens is 281 g/mol. The number of hydrogen-bond donors (Lipinski definition) is 1. The Bertz CT molecular complexity index is 646. The van der Waals surface area contributed by atoms with Crippen LogP contribution in [0.4, 0.5) is 10.1 Å². The highest BCUT2D eigenvalue weighted by atomic mass is 35.5. The summed E-state index contributed by atoms with van der Waals surface area (Å²) >= 11 is 5.80. The summed E-state index contributed by atoms with van der Waals surface area (Å²) in [6, 6.07) is 10.1. The molecule has 2 aromatic carbocycles. The molecule has 0 aliphatic rings. The fourth-order valence-corrected chi connectivity index (χ4v) is 2.08. The van der Waals surface area contributed by atoms with Crippen LogP contribution in [0.2, 0.25) is 5.02 Å². The van der Waals surface area contributed by atoms with E-state index in [0.29, 0.717) is 17.3 Å². The molecular formula is C15H13ClFNO2. The minimum Gasteiger partial charge on any atom is -0.508 e. The number of amides is 1.